The maximum absolute atomic E-state index is 11.8. The van der Waals surface area contributed by atoms with Crippen LogP contribution < -0.4 is 0 Å². The number of rotatable bonds is 5. The zero-order chi connectivity index (χ0) is 15.3. The molecular weight excluding hydrogens is 348 g/mol. The minimum atomic E-state index is -0.918. The molecule has 0 bridgehead atoms. The monoisotopic (exact) mass is 360 g/mol. The highest BCUT2D eigenvalue weighted by Crippen LogP contribution is 2.33. The maximum atomic E-state index is 11.8. The van der Waals surface area contributed by atoms with Crippen LogP contribution in [0, 0.1) is 0 Å². The highest BCUT2D eigenvalue weighted by atomic mass is 79.9. The summed E-state index contributed by atoms with van der Waals surface area (Å²) in [5.74, 6) is -1.14. The van der Waals surface area contributed by atoms with Crippen LogP contribution in [0.4, 0.5) is 0 Å². The Labute approximate surface area is 130 Å². The van der Waals surface area contributed by atoms with E-state index in [1.165, 1.54) is 6.92 Å². The zero-order valence-electron chi connectivity index (χ0n) is 11.1. The SMILES string of the molecule is C=C(C(=O)OCC)C(OC(C)=O)c1ccc(Cl)cc1Br. The molecule has 0 radical (unpaired) electrons. The molecule has 0 spiro atoms. The standard InChI is InChI=1S/C14H14BrClO4/c1-4-19-14(18)8(2)13(20-9(3)17)11-6-5-10(16)7-12(11)15/h5-7,13H,2,4H2,1,3H3. The Kier molecular flexibility index (Phi) is 6.23. The molecule has 0 aliphatic carbocycles. The van der Waals surface area contributed by atoms with Gasteiger partial charge in [-0.3, -0.25) is 4.79 Å². The molecule has 20 heavy (non-hydrogen) atoms. The number of carbonyl (C=O) groups excluding carboxylic acids is 2. The lowest BCUT2D eigenvalue weighted by Gasteiger charge is -2.20. The molecule has 0 aliphatic heterocycles. The van der Waals surface area contributed by atoms with Gasteiger partial charge in [0.2, 0.25) is 0 Å². The predicted molar refractivity (Wildman–Crippen MR) is 79.4 cm³/mol. The number of hydrogen-bond acceptors (Lipinski definition) is 4. The average molecular weight is 362 g/mol. The Bertz CT molecular complexity index is 542. The number of carbonyl (C=O) groups is 2. The molecule has 1 aromatic rings. The lowest BCUT2D eigenvalue weighted by Crippen LogP contribution is -2.18. The summed E-state index contributed by atoms with van der Waals surface area (Å²) in [6.45, 7) is 6.82. The van der Waals surface area contributed by atoms with Crippen molar-refractivity contribution in [3.05, 3.63) is 45.4 Å². The van der Waals surface area contributed by atoms with E-state index >= 15 is 0 Å². The largest absolute Gasteiger partial charge is 0.463 e. The summed E-state index contributed by atoms with van der Waals surface area (Å²) in [6.07, 6.45) is -0.918. The van der Waals surface area contributed by atoms with Gasteiger partial charge < -0.3 is 9.47 Å². The summed E-state index contributed by atoms with van der Waals surface area (Å²) in [6, 6.07) is 4.94. The summed E-state index contributed by atoms with van der Waals surface area (Å²) >= 11 is 9.19. The average Bonchev–Trinajstić information content (AvgIpc) is 2.35. The van der Waals surface area contributed by atoms with Crippen molar-refractivity contribution in [1.29, 1.82) is 0 Å². The lowest BCUT2D eigenvalue weighted by atomic mass is 10.0. The Balaban J connectivity index is 3.14. The molecule has 0 saturated carbocycles. The number of benzene rings is 1. The predicted octanol–water partition coefficient (Wildman–Crippen LogP) is 3.83. The van der Waals surface area contributed by atoms with Gasteiger partial charge in [0.1, 0.15) is 0 Å². The lowest BCUT2D eigenvalue weighted by molar-refractivity contribution is -0.147. The molecule has 0 aromatic heterocycles. The van der Waals surface area contributed by atoms with E-state index in [0.29, 0.717) is 15.1 Å². The van der Waals surface area contributed by atoms with Crippen LogP contribution in [0.15, 0.2) is 34.8 Å². The van der Waals surface area contributed by atoms with Gasteiger partial charge >= 0.3 is 11.9 Å². The number of esters is 2. The van der Waals surface area contributed by atoms with E-state index < -0.39 is 18.0 Å². The molecule has 0 heterocycles. The smallest absolute Gasteiger partial charge is 0.337 e. The summed E-state index contributed by atoms with van der Waals surface area (Å²) in [4.78, 5) is 23.0. The second-order valence-corrected chi connectivity index (χ2v) is 5.19. The van der Waals surface area contributed by atoms with Crippen molar-refractivity contribution in [3.8, 4) is 0 Å². The van der Waals surface area contributed by atoms with E-state index in [9.17, 15) is 9.59 Å². The third kappa shape index (κ3) is 4.35. The molecule has 0 saturated heterocycles. The van der Waals surface area contributed by atoms with E-state index in [0.717, 1.165) is 0 Å². The first-order chi connectivity index (χ1) is 9.36. The van der Waals surface area contributed by atoms with E-state index in [-0.39, 0.29) is 12.2 Å². The van der Waals surface area contributed by atoms with Crippen LogP contribution in [0.3, 0.4) is 0 Å². The molecule has 0 aliphatic rings. The van der Waals surface area contributed by atoms with Crippen LogP contribution in [-0.4, -0.2) is 18.5 Å². The van der Waals surface area contributed by atoms with Crippen LogP contribution >= 0.6 is 27.5 Å². The maximum Gasteiger partial charge on any atom is 0.337 e. The topological polar surface area (TPSA) is 52.6 Å². The van der Waals surface area contributed by atoms with Gasteiger partial charge in [-0.15, -0.1) is 0 Å². The summed E-state index contributed by atoms with van der Waals surface area (Å²) in [5.41, 5.74) is 0.618. The normalized spacial score (nSPS) is 11.6. The van der Waals surface area contributed by atoms with Crippen molar-refractivity contribution >= 4 is 39.5 Å². The molecular formula is C14H14BrClO4. The first kappa shape index (κ1) is 16.7. The Hall–Kier alpha value is -1.33. The van der Waals surface area contributed by atoms with Gasteiger partial charge in [0.15, 0.2) is 6.10 Å². The van der Waals surface area contributed by atoms with Crippen LogP contribution in [0.25, 0.3) is 0 Å². The second kappa shape index (κ2) is 7.45. The molecule has 1 rings (SSSR count). The van der Waals surface area contributed by atoms with E-state index in [2.05, 4.69) is 22.5 Å². The van der Waals surface area contributed by atoms with Crippen molar-refractivity contribution in [1.82, 2.24) is 0 Å². The van der Waals surface area contributed by atoms with Crippen LogP contribution in [0.5, 0.6) is 0 Å². The third-order valence-electron chi connectivity index (χ3n) is 2.38. The number of halogens is 2. The van der Waals surface area contributed by atoms with Crippen LogP contribution in [0.1, 0.15) is 25.5 Å². The van der Waals surface area contributed by atoms with Crippen molar-refractivity contribution in [2.24, 2.45) is 0 Å². The Morgan fingerprint density at radius 1 is 1.45 bits per heavy atom. The number of hydrogen-bond donors (Lipinski definition) is 0. The molecule has 0 amide bonds. The first-order valence-corrected chi connectivity index (χ1v) is 7.02. The second-order valence-electron chi connectivity index (χ2n) is 3.90. The highest BCUT2D eigenvalue weighted by Gasteiger charge is 2.26. The summed E-state index contributed by atoms with van der Waals surface area (Å²) in [7, 11) is 0. The van der Waals surface area contributed by atoms with Crippen LogP contribution in [0.2, 0.25) is 5.02 Å². The summed E-state index contributed by atoms with van der Waals surface area (Å²) < 4.78 is 10.7. The van der Waals surface area contributed by atoms with E-state index in [4.69, 9.17) is 21.1 Å². The fourth-order valence-corrected chi connectivity index (χ4v) is 2.42. The summed E-state index contributed by atoms with van der Waals surface area (Å²) in [5, 5.41) is 0.518. The van der Waals surface area contributed by atoms with Crippen molar-refractivity contribution in [3.63, 3.8) is 0 Å². The van der Waals surface area contributed by atoms with Gasteiger partial charge in [-0.1, -0.05) is 40.2 Å². The fourth-order valence-electron chi connectivity index (χ4n) is 1.53. The Morgan fingerprint density at radius 3 is 2.60 bits per heavy atom. The fraction of sp³-hybridized carbons (Fsp3) is 0.286. The van der Waals surface area contributed by atoms with Crippen molar-refractivity contribution < 1.29 is 19.1 Å². The van der Waals surface area contributed by atoms with Crippen molar-refractivity contribution in [2.45, 2.75) is 20.0 Å². The third-order valence-corrected chi connectivity index (χ3v) is 3.30. The van der Waals surface area contributed by atoms with Gasteiger partial charge in [0.05, 0.1) is 12.2 Å². The van der Waals surface area contributed by atoms with Gasteiger partial charge in [-0.25, -0.2) is 4.79 Å². The minimum absolute atomic E-state index is 0.0464. The Morgan fingerprint density at radius 2 is 2.10 bits per heavy atom. The first-order valence-electron chi connectivity index (χ1n) is 5.84. The molecule has 0 fully saturated rings. The molecule has 108 valence electrons. The molecule has 0 N–H and O–H groups in total. The molecule has 4 nitrogen and oxygen atoms in total. The molecule has 1 unspecified atom stereocenters. The van der Waals surface area contributed by atoms with E-state index in [1.807, 2.05) is 0 Å². The van der Waals surface area contributed by atoms with E-state index in [1.54, 1.807) is 25.1 Å². The zero-order valence-corrected chi connectivity index (χ0v) is 13.5. The van der Waals surface area contributed by atoms with Gasteiger partial charge in [0, 0.05) is 22.0 Å². The van der Waals surface area contributed by atoms with Gasteiger partial charge in [-0.05, 0) is 19.1 Å². The van der Waals surface area contributed by atoms with Gasteiger partial charge in [0.25, 0.3) is 0 Å². The van der Waals surface area contributed by atoms with Gasteiger partial charge in [-0.2, -0.15) is 0 Å². The van der Waals surface area contributed by atoms with Crippen molar-refractivity contribution in [2.75, 3.05) is 6.61 Å². The molecule has 1 atom stereocenters. The molecule has 6 heteroatoms. The highest BCUT2D eigenvalue weighted by molar-refractivity contribution is 9.10. The minimum Gasteiger partial charge on any atom is -0.463 e. The number of ether oxygens (including phenoxy) is 2. The van der Waals surface area contributed by atoms with Crippen LogP contribution in [-0.2, 0) is 19.1 Å². The quantitative estimate of drug-likeness (QED) is 0.591. The molecule has 1 aromatic carbocycles.